The molecule has 1 aromatic heterocycles. The van der Waals surface area contributed by atoms with Gasteiger partial charge in [0.25, 0.3) is 0 Å². The van der Waals surface area contributed by atoms with Crippen molar-refractivity contribution in [2.45, 2.75) is 26.3 Å². The number of likely N-dealkylation sites (N-methyl/N-ethyl adjacent to an activating group) is 1. The van der Waals surface area contributed by atoms with Crippen molar-refractivity contribution in [3.05, 3.63) is 46.7 Å². The molecule has 0 radical (unpaired) electrons. The van der Waals surface area contributed by atoms with E-state index in [1.165, 1.54) is 0 Å². The van der Waals surface area contributed by atoms with E-state index in [9.17, 15) is 9.59 Å². The molecular weight excluding hydrogens is 322 g/mol. The Hall–Kier alpha value is -2.18. The average molecular weight is 345 g/mol. The molecule has 2 N–H and O–H groups in total. The Morgan fingerprint density at radius 3 is 2.21 bits per heavy atom. The summed E-state index contributed by atoms with van der Waals surface area (Å²) in [5.41, 5.74) is 1.22. The van der Waals surface area contributed by atoms with Gasteiger partial charge in [-0.1, -0.05) is 18.2 Å². The van der Waals surface area contributed by atoms with Crippen molar-refractivity contribution in [2.24, 2.45) is 0 Å². The zero-order chi connectivity index (χ0) is 17.5. The van der Waals surface area contributed by atoms with Crippen LogP contribution in [0.25, 0.3) is 0 Å². The van der Waals surface area contributed by atoms with Crippen LogP contribution in [0.15, 0.2) is 41.8 Å². The van der Waals surface area contributed by atoms with Crippen molar-refractivity contribution in [3.8, 4) is 0 Å². The summed E-state index contributed by atoms with van der Waals surface area (Å²) in [6.45, 7) is 4.37. The summed E-state index contributed by atoms with van der Waals surface area (Å²) in [6.07, 6.45) is 0.329. The van der Waals surface area contributed by atoms with Gasteiger partial charge in [0.1, 0.15) is 0 Å². The zero-order valence-corrected chi connectivity index (χ0v) is 15.0. The predicted molar refractivity (Wildman–Crippen MR) is 99.5 cm³/mol. The van der Waals surface area contributed by atoms with Crippen LogP contribution in [0.2, 0.25) is 0 Å². The van der Waals surface area contributed by atoms with Crippen molar-refractivity contribution in [3.63, 3.8) is 0 Å². The van der Waals surface area contributed by atoms with Crippen LogP contribution < -0.4 is 10.6 Å². The smallest absolute Gasteiger partial charge is 0.238 e. The lowest BCUT2D eigenvalue weighted by Gasteiger charge is -2.20. The zero-order valence-electron chi connectivity index (χ0n) is 14.2. The highest BCUT2D eigenvalue weighted by Gasteiger charge is 2.13. The quantitative estimate of drug-likeness (QED) is 0.810. The number of thiophene rings is 1. The number of carbonyl (C=O) groups is 2. The van der Waals surface area contributed by atoms with Crippen LogP contribution in [0.1, 0.15) is 18.7 Å². The molecular formula is C18H23N3O2S. The van der Waals surface area contributed by atoms with Gasteiger partial charge in [-0.15, -0.1) is 11.3 Å². The van der Waals surface area contributed by atoms with Gasteiger partial charge in [-0.2, -0.15) is 0 Å². The van der Waals surface area contributed by atoms with Crippen LogP contribution in [0.5, 0.6) is 0 Å². The molecule has 5 nitrogen and oxygen atoms in total. The molecule has 1 aromatic carbocycles. The molecule has 2 amide bonds. The number of nitrogens with zero attached hydrogens (tertiary/aromatic N) is 1. The first-order chi connectivity index (χ1) is 11.5. The Morgan fingerprint density at radius 2 is 1.67 bits per heavy atom. The highest BCUT2D eigenvalue weighted by atomic mass is 32.1. The third-order valence-electron chi connectivity index (χ3n) is 3.66. The van der Waals surface area contributed by atoms with Gasteiger partial charge < -0.3 is 10.6 Å². The largest absolute Gasteiger partial charge is 0.324 e. The molecule has 1 heterocycles. The van der Waals surface area contributed by atoms with Crippen molar-refractivity contribution in [2.75, 3.05) is 24.2 Å². The molecule has 0 fully saturated rings. The van der Waals surface area contributed by atoms with E-state index in [1.807, 2.05) is 55.4 Å². The van der Waals surface area contributed by atoms with Crippen molar-refractivity contribution in [1.29, 1.82) is 0 Å². The maximum Gasteiger partial charge on any atom is 0.238 e. The molecule has 0 bridgehead atoms. The summed E-state index contributed by atoms with van der Waals surface area (Å²) in [6, 6.07) is 11.4. The molecule has 0 aliphatic heterocycles. The van der Waals surface area contributed by atoms with Crippen LogP contribution in [-0.2, 0) is 16.0 Å². The number of benzene rings is 1. The number of nitrogens with one attached hydrogen (secondary N) is 2. The summed E-state index contributed by atoms with van der Waals surface area (Å²) in [5, 5.41) is 7.68. The number of anilines is 2. The number of rotatable bonds is 7. The second-order valence-corrected chi connectivity index (χ2v) is 6.94. The van der Waals surface area contributed by atoms with E-state index < -0.39 is 0 Å². The van der Waals surface area contributed by atoms with Crippen LogP contribution >= 0.6 is 11.3 Å². The van der Waals surface area contributed by atoms with Gasteiger partial charge in [0.2, 0.25) is 11.8 Å². The van der Waals surface area contributed by atoms with E-state index >= 15 is 0 Å². The molecule has 128 valence electrons. The lowest BCUT2D eigenvalue weighted by Crippen LogP contribution is -2.35. The van der Waals surface area contributed by atoms with Gasteiger partial charge >= 0.3 is 0 Å². The minimum atomic E-state index is -0.105. The number of hydrogen-bond donors (Lipinski definition) is 2. The molecule has 0 atom stereocenters. The van der Waals surface area contributed by atoms with Crippen molar-refractivity contribution < 1.29 is 9.59 Å². The molecule has 0 spiro atoms. The SMILES string of the molecule is CC(C)N(C)CC(=O)Nc1ccccc1NC(=O)Cc1cccs1. The van der Waals surface area contributed by atoms with Crippen LogP contribution in [-0.4, -0.2) is 36.3 Å². The maximum atomic E-state index is 12.2. The second kappa shape index (κ2) is 8.61. The van der Waals surface area contributed by atoms with Crippen LogP contribution in [0, 0.1) is 0 Å². The Bertz CT molecular complexity index is 683. The molecule has 24 heavy (non-hydrogen) atoms. The van der Waals surface area contributed by atoms with Gasteiger partial charge in [0.15, 0.2) is 0 Å². The molecule has 0 aliphatic carbocycles. The Morgan fingerprint density at radius 1 is 1.04 bits per heavy atom. The highest BCUT2D eigenvalue weighted by Crippen LogP contribution is 2.21. The van der Waals surface area contributed by atoms with Crippen LogP contribution in [0.4, 0.5) is 11.4 Å². The number of amides is 2. The fourth-order valence-electron chi connectivity index (χ4n) is 2.07. The Balaban J connectivity index is 1.99. The second-order valence-electron chi connectivity index (χ2n) is 5.91. The Labute approximate surface area is 146 Å². The van der Waals surface area contributed by atoms with Gasteiger partial charge in [-0.05, 0) is 44.5 Å². The van der Waals surface area contributed by atoms with E-state index in [4.69, 9.17) is 0 Å². The summed E-state index contributed by atoms with van der Waals surface area (Å²) in [4.78, 5) is 27.3. The summed E-state index contributed by atoms with van der Waals surface area (Å²) < 4.78 is 0. The standard InChI is InChI=1S/C18H23N3O2S/c1-13(2)21(3)12-18(23)20-16-9-5-4-8-15(16)19-17(22)11-14-7-6-10-24-14/h4-10,13H,11-12H2,1-3H3,(H,19,22)(H,20,23). The first-order valence-electron chi connectivity index (χ1n) is 7.87. The van der Waals surface area contributed by atoms with Crippen molar-refractivity contribution in [1.82, 2.24) is 4.90 Å². The molecule has 0 saturated heterocycles. The lowest BCUT2D eigenvalue weighted by atomic mass is 10.2. The minimum Gasteiger partial charge on any atom is -0.324 e. The van der Waals surface area contributed by atoms with Gasteiger partial charge in [0, 0.05) is 10.9 Å². The third-order valence-corrected chi connectivity index (χ3v) is 4.54. The molecule has 6 heteroatoms. The fraction of sp³-hybridized carbons (Fsp3) is 0.333. The van der Waals surface area contributed by atoms with Gasteiger partial charge in [-0.3, -0.25) is 14.5 Å². The van der Waals surface area contributed by atoms with Crippen molar-refractivity contribution >= 4 is 34.5 Å². The predicted octanol–water partition coefficient (Wildman–Crippen LogP) is 3.21. The van der Waals surface area contributed by atoms with E-state index in [2.05, 4.69) is 10.6 Å². The van der Waals surface area contributed by atoms with E-state index in [1.54, 1.807) is 23.5 Å². The number of hydrogen-bond acceptors (Lipinski definition) is 4. The molecule has 0 saturated carbocycles. The monoisotopic (exact) mass is 345 g/mol. The summed E-state index contributed by atoms with van der Waals surface area (Å²) in [7, 11) is 1.90. The molecule has 2 rings (SSSR count). The topological polar surface area (TPSA) is 61.4 Å². The number of para-hydroxylation sites is 2. The molecule has 0 aliphatic rings. The van der Waals surface area contributed by atoms with Gasteiger partial charge in [0.05, 0.1) is 24.3 Å². The highest BCUT2D eigenvalue weighted by molar-refractivity contribution is 7.10. The maximum absolute atomic E-state index is 12.2. The number of carbonyl (C=O) groups excluding carboxylic acids is 2. The first kappa shape index (κ1) is 18.2. The molecule has 2 aromatic rings. The van der Waals surface area contributed by atoms with Crippen LogP contribution in [0.3, 0.4) is 0 Å². The van der Waals surface area contributed by atoms with E-state index in [0.29, 0.717) is 24.3 Å². The minimum absolute atomic E-state index is 0.0987. The average Bonchev–Trinajstić information content (AvgIpc) is 3.01. The molecule has 0 unspecified atom stereocenters. The normalized spacial score (nSPS) is 10.9. The third kappa shape index (κ3) is 5.47. The lowest BCUT2D eigenvalue weighted by molar-refractivity contribution is -0.117. The first-order valence-corrected chi connectivity index (χ1v) is 8.75. The van der Waals surface area contributed by atoms with E-state index in [-0.39, 0.29) is 17.9 Å². The fourth-order valence-corrected chi connectivity index (χ4v) is 2.77. The Kier molecular flexibility index (Phi) is 6.52. The summed E-state index contributed by atoms with van der Waals surface area (Å²) in [5.74, 6) is -0.204. The van der Waals surface area contributed by atoms with Gasteiger partial charge in [-0.25, -0.2) is 0 Å². The van der Waals surface area contributed by atoms with E-state index in [0.717, 1.165) is 4.88 Å². The summed E-state index contributed by atoms with van der Waals surface area (Å²) >= 11 is 1.55.